The van der Waals surface area contributed by atoms with Crippen LogP contribution >= 0.6 is 0 Å². The Morgan fingerprint density at radius 1 is 1.53 bits per heavy atom. The highest BCUT2D eigenvalue weighted by atomic mass is 16.6. The molecule has 0 aliphatic heterocycles. The summed E-state index contributed by atoms with van der Waals surface area (Å²) in [6.07, 6.45) is 5.81. The van der Waals surface area contributed by atoms with E-state index in [0.29, 0.717) is 0 Å². The molecule has 0 bridgehead atoms. The van der Waals surface area contributed by atoms with Crippen LogP contribution in [0.2, 0.25) is 0 Å². The topological polar surface area (TPSA) is 81.2 Å². The second kappa shape index (κ2) is 3.98. The van der Waals surface area contributed by atoms with E-state index in [1.54, 1.807) is 0 Å². The van der Waals surface area contributed by atoms with Crippen LogP contribution in [0.15, 0.2) is 12.4 Å². The van der Waals surface area contributed by atoms with Crippen molar-refractivity contribution in [2.75, 3.05) is 0 Å². The van der Waals surface area contributed by atoms with Crippen molar-refractivity contribution < 1.29 is 10.0 Å². The zero-order valence-corrected chi connectivity index (χ0v) is 8.24. The molecule has 0 aromatic carbocycles. The van der Waals surface area contributed by atoms with Crippen molar-refractivity contribution in [1.29, 1.82) is 0 Å². The van der Waals surface area contributed by atoms with Crippen LogP contribution in [0.25, 0.3) is 0 Å². The third-order valence-electron chi connectivity index (χ3n) is 2.83. The highest BCUT2D eigenvalue weighted by Gasteiger charge is 2.26. The predicted octanol–water partition coefficient (Wildman–Crippen LogP) is 1.27. The van der Waals surface area contributed by atoms with Gasteiger partial charge in [-0.05, 0) is 12.8 Å². The molecule has 2 rings (SSSR count). The van der Waals surface area contributed by atoms with Gasteiger partial charge in [0.25, 0.3) is 0 Å². The highest BCUT2D eigenvalue weighted by Crippen LogP contribution is 2.28. The average Bonchev–Trinajstić information content (AvgIpc) is 2.67. The van der Waals surface area contributed by atoms with Crippen molar-refractivity contribution in [2.45, 2.75) is 37.8 Å². The Morgan fingerprint density at radius 2 is 2.27 bits per heavy atom. The minimum atomic E-state index is -0.474. The van der Waals surface area contributed by atoms with Crippen LogP contribution in [0.5, 0.6) is 0 Å². The van der Waals surface area contributed by atoms with Crippen LogP contribution in [-0.2, 0) is 0 Å². The lowest BCUT2D eigenvalue weighted by Crippen LogP contribution is -2.27. The van der Waals surface area contributed by atoms with E-state index >= 15 is 0 Å². The normalized spacial score (nSPS) is 26.5. The quantitative estimate of drug-likeness (QED) is 0.590. The van der Waals surface area contributed by atoms with Crippen molar-refractivity contribution >= 4 is 5.69 Å². The fourth-order valence-corrected chi connectivity index (χ4v) is 2.00. The smallest absolute Gasteiger partial charge is 0.307 e. The predicted molar refractivity (Wildman–Crippen MR) is 52.4 cm³/mol. The summed E-state index contributed by atoms with van der Waals surface area (Å²) < 4.78 is 1.52. The van der Waals surface area contributed by atoms with E-state index in [0.717, 1.165) is 25.7 Å². The summed E-state index contributed by atoms with van der Waals surface area (Å²) in [6.45, 7) is 0. The van der Waals surface area contributed by atoms with E-state index in [-0.39, 0.29) is 11.7 Å². The van der Waals surface area contributed by atoms with E-state index in [2.05, 4.69) is 5.10 Å². The first-order chi connectivity index (χ1) is 7.18. The highest BCUT2D eigenvalue weighted by molar-refractivity contribution is 5.21. The minimum Gasteiger partial charge on any atom is -0.391 e. The Kier molecular flexibility index (Phi) is 2.68. The fraction of sp³-hybridized carbons (Fsp3) is 0.667. The van der Waals surface area contributed by atoms with Gasteiger partial charge in [-0.15, -0.1) is 0 Å². The van der Waals surface area contributed by atoms with Crippen molar-refractivity contribution in [3.63, 3.8) is 0 Å². The molecule has 1 fully saturated rings. The molecule has 6 nitrogen and oxygen atoms in total. The SMILES string of the molecule is O=[N+]([O-])c1cnn([C@H]2CCCC[C@@H]2O)c1. The molecule has 1 N–H and O–H groups in total. The molecule has 15 heavy (non-hydrogen) atoms. The minimum absolute atomic E-state index is 0.0206. The maximum atomic E-state index is 10.5. The van der Waals surface area contributed by atoms with Gasteiger partial charge in [-0.3, -0.25) is 14.8 Å². The largest absolute Gasteiger partial charge is 0.391 e. The Hall–Kier alpha value is -1.43. The Labute approximate surface area is 86.7 Å². The van der Waals surface area contributed by atoms with Gasteiger partial charge < -0.3 is 5.11 Å². The molecule has 1 aliphatic rings. The van der Waals surface area contributed by atoms with Gasteiger partial charge in [0.15, 0.2) is 0 Å². The third kappa shape index (κ3) is 1.99. The summed E-state index contributed by atoms with van der Waals surface area (Å²) in [5.74, 6) is 0. The summed E-state index contributed by atoms with van der Waals surface area (Å²) in [5.41, 5.74) is -0.0206. The molecule has 1 aliphatic carbocycles. The van der Waals surface area contributed by atoms with E-state index < -0.39 is 11.0 Å². The molecule has 2 atom stereocenters. The molecule has 0 amide bonds. The lowest BCUT2D eigenvalue weighted by atomic mass is 9.93. The van der Waals surface area contributed by atoms with Crippen LogP contribution in [-0.4, -0.2) is 25.9 Å². The number of aliphatic hydroxyl groups excluding tert-OH is 1. The van der Waals surface area contributed by atoms with E-state index in [9.17, 15) is 15.2 Å². The molecule has 1 aromatic heterocycles. The summed E-state index contributed by atoms with van der Waals surface area (Å²) in [6, 6.07) is -0.104. The maximum absolute atomic E-state index is 10.5. The molecule has 0 saturated heterocycles. The molecule has 0 radical (unpaired) electrons. The summed E-state index contributed by atoms with van der Waals surface area (Å²) in [7, 11) is 0. The van der Waals surface area contributed by atoms with Crippen molar-refractivity contribution in [3.05, 3.63) is 22.5 Å². The van der Waals surface area contributed by atoms with Gasteiger partial charge in [0, 0.05) is 0 Å². The Bertz CT molecular complexity index is 363. The van der Waals surface area contributed by atoms with Crippen LogP contribution in [0.3, 0.4) is 0 Å². The molecule has 6 heteroatoms. The monoisotopic (exact) mass is 211 g/mol. The molecule has 1 saturated carbocycles. The number of hydrogen-bond acceptors (Lipinski definition) is 4. The average molecular weight is 211 g/mol. The van der Waals surface area contributed by atoms with Crippen LogP contribution < -0.4 is 0 Å². The number of aliphatic hydroxyl groups is 1. The number of rotatable bonds is 2. The summed E-state index contributed by atoms with van der Waals surface area (Å²) in [4.78, 5) is 9.99. The first-order valence-corrected chi connectivity index (χ1v) is 5.05. The standard InChI is InChI=1S/C9H13N3O3/c13-9-4-2-1-3-8(9)11-6-7(5-10-11)12(14)15/h5-6,8-9,13H,1-4H2/t8-,9-/m0/s1. The van der Waals surface area contributed by atoms with Crippen molar-refractivity contribution in [1.82, 2.24) is 9.78 Å². The second-order valence-electron chi connectivity index (χ2n) is 3.85. The van der Waals surface area contributed by atoms with E-state index in [1.807, 2.05) is 0 Å². The van der Waals surface area contributed by atoms with Crippen molar-refractivity contribution in [3.8, 4) is 0 Å². The van der Waals surface area contributed by atoms with E-state index in [1.165, 1.54) is 17.1 Å². The Balaban J connectivity index is 2.17. The second-order valence-corrected chi connectivity index (χ2v) is 3.85. The zero-order valence-electron chi connectivity index (χ0n) is 8.24. The van der Waals surface area contributed by atoms with Crippen LogP contribution in [0, 0.1) is 10.1 Å². The lowest BCUT2D eigenvalue weighted by Gasteiger charge is -2.27. The van der Waals surface area contributed by atoms with Crippen LogP contribution in [0.1, 0.15) is 31.7 Å². The van der Waals surface area contributed by atoms with Gasteiger partial charge in [-0.2, -0.15) is 5.10 Å². The molecule has 0 spiro atoms. The number of nitrogens with zero attached hydrogens (tertiary/aromatic N) is 3. The Morgan fingerprint density at radius 3 is 2.87 bits per heavy atom. The number of hydrogen-bond donors (Lipinski definition) is 1. The number of aromatic nitrogens is 2. The third-order valence-corrected chi connectivity index (χ3v) is 2.83. The summed E-state index contributed by atoms with van der Waals surface area (Å²) >= 11 is 0. The fourth-order valence-electron chi connectivity index (χ4n) is 2.00. The number of nitro groups is 1. The van der Waals surface area contributed by atoms with Gasteiger partial charge in [0.1, 0.15) is 12.4 Å². The van der Waals surface area contributed by atoms with Gasteiger partial charge in [0.2, 0.25) is 0 Å². The maximum Gasteiger partial charge on any atom is 0.307 e. The van der Waals surface area contributed by atoms with Gasteiger partial charge in [-0.1, -0.05) is 12.8 Å². The van der Waals surface area contributed by atoms with Crippen LogP contribution in [0.4, 0.5) is 5.69 Å². The van der Waals surface area contributed by atoms with Gasteiger partial charge in [0.05, 0.1) is 17.1 Å². The molecule has 1 aromatic rings. The first-order valence-electron chi connectivity index (χ1n) is 5.05. The van der Waals surface area contributed by atoms with E-state index in [4.69, 9.17) is 0 Å². The molecular weight excluding hydrogens is 198 g/mol. The molecule has 0 unspecified atom stereocenters. The molecule has 1 heterocycles. The molecule has 82 valence electrons. The lowest BCUT2D eigenvalue weighted by molar-refractivity contribution is -0.385. The van der Waals surface area contributed by atoms with Gasteiger partial charge in [-0.25, -0.2) is 0 Å². The van der Waals surface area contributed by atoms with Gasteiger partial charge >= 0.3 is 5.69 Å². The molecular formula is C9H13N3O3. The summed E-state index contributed by atoms with van der Waals surface area (Å²) in [5, 5.41) is 24.1. The first kappa shape index (κ1) is 10.1. The zero-order chi connectivity index (χ0) is 10.8. The van der Waals surface area contributed by atoms with Crippen molar-refractivity contribution in [2.24, 2.45) is 0 Å².